The summed E-state index contributed by atoms with van der Waals surface area (Å²) in [6.07, 6.45) is 0.230. The van der Waals surface area contributed by atoms with Crippen LogP contribution in [0.3, 0.4) is 0 Å². The Morgan fingerprint density at radius 2 is 1.73 bits per heavy atom. The SMILES string of the molecule is CCCCn1c(-c2ccccc2)nc(-c2cccc(C(F)(F)F)c2)c1CN(CC/C=C(\C)OCC)Cc1ccc2c(c1)OCO2. The predicted molar refractivity (Wildman–Crippen MR) is 170 cm³/mol. The van der Waals surface area contributed by atoms with Crippen LogP contribution in [-0.2, 0) is 30.5 Å². The van der Waals surface area contributed by atoms with Crippen LogP contribution in [0.2, 0.25) is 0 Å². The Morgan fingerprint density at radius 3 is 2.49 bits per heavy atom. The maximum Gasteiger partial charge on any atom is 0.416 e. The van der Waals surface area contributed by atoms with Crippen LogP contribution in [-0.4, -0.2) is 34.4 Å². The van der Waals surface area contributed by atoms with Crippen molar-refractivity contribution in [3.8, 4) is 34.1 Å². The van der Waals surface area contributed by atoms with Crippen LogP contribution in [0.25, 0.3) is 22.6 Å². The third kappa shape index (κ3) is 8.08. The van der Waals surface area contributed by atoms with E-state index in [4.69, 9.17) is 19.2 Å². The van der Waals surface area contributed by atoms with Crippen molar-refractivity contribution in [3.63, 3.8) is 0 Å². The number of halogens is 3. The van der Waals surface area contributed by atoms with Crippen molar-refractivity contribution in [2.24, 2.45) is 0 Å². The summed E-state index contributed by atoms with van der Waals surface area (Å²) in [4.78, 5) is 7.37. The van der Waals surface area contributed by atoms with E-state index in [1.54, 1.807) is 6.07 Å². The number of hydrogen-bond donors (Lipinski definition) is 0. The molecule has 0 fully saturated rings. The number of hydrogen-bond acceptors (Lipinski definition) is 5. The third-order valence-corrected chi connectivity index (χ3v) is 7.77. The first-order valence-electron chi connectivity index (χ1n) is 15.5. The van der Waals surface area contributed by atoms with E-state index in [0.717, 1.165) is 59.5 Å². The summed E-state index contributed by atoms with van der Waals surface area (Å²) in [7, 11) is 0. The zero-order chi connectivity index (χ0) is 31.8. The largest absolute Gasteiger partial charge is 0.499 e. The lowest BCUT2D eigenvalue weighted by molar-refractivity contribution is -0.137. The van der Waals surface area contributed by atoms with Gasteiger partial charge in [-0.15, -0.1) is 0 Å². The van der Waals surface area contributed by atoms with Crippen molar-refractivity contribution in [2.45, 2.75) is 65.8 Å². The van der Waals surface area contributed by atoms with Gasteiger partial charge in [-0.1, -0.05) is 61.9 Å². The fourth-order valence-corrected chi connectivity index (χ4v) is 5.55. The topological polar surface area (TPSA) is 48.8 Å². The predicted octanol–water partition coefficient (Wildman–Crippen LogP) is 9.10. The van der Waals surface area contributed by atoms with Gasteiger partial charge >= 0.3 is 6.18 Å². The lowest BCUT2D eigenvalue weighted by Crippen LogP contribution is -2.26. The van der Waals surface area contributed by atoms with Crippen molar-refractivity contribution in [1.29, 1.82) is 0 Å². The molecule has 3 aromatic carbocycles. The molecule has 1 aromatic heterocycles. The van der Waals surface area contributed by atoms with Gasteiger partial charge in [0.05, 0.1) is 29.3 Å². The molecule has 0 spiro atoms. The molecule has 9 heteroatoms. The number of imidazole rings is 1. The molecule has 0 saturated carbocycles. The molecule has 0 N–H and O–H groups in total. The summed E-state index contributed by atoms with van der Waals surface area (Å²) in [5, 5.41) is 0. The zero-order valence-electron chi connectivity index (χ0n) is 26.1. The molecular formula is C36H40F3N3O3. The molecule has 238 valence electrons. The van der Waals surface area contributed by atoms with E-state index >= 15 is 0 Å². The van der Waals surface area contributed by atoms with Crippen LogP contribution in [0.4, 0.5) is 13.2 Å². The normalized spacial score (nSPS) is 13.1. The zero-order valence-corrected chi connectivity index (χ0v) is 26.1. The molecule has 45 heavy (non-hydrogen) atoms. The van der Waals surface area contributed by atoms with Crippen LogP contribution in [0.1, 0.15) is 56.9 Å². The minimum Gasteiger partial charge on any atom is -0.499 e. The highest BCUT2D eigenvalue weighted by atomic mass is 19.4. The van der Waals surface area contributed by atoms with Gasteiger partial charge in [0.15, 0.2) is 11.5 Å². The summed E-state index contributed by atoms with van der Waals surface area (Å²) in [6.45, 7) is 9.30. The van der Waals surface area contributed by atoms with E-state index in [1.165, 1.54) is 12.1 Å². The monoisotopic (exact) mass is 619 g/mol. The second-order valence-electron chi connectivity index (χ2n) is 11.1. The van der Waals surface area contributed by atoms with E-state index in [0.29, 0.717) is 49.8 Å². The van der Waals surface area contributed by atoms with E-state index in [2.05, 4.69) is 22.5 Å². The fraction of sp³-hybridized carbons (Fsp3) is 0.361. The Hall–Kier alpha value is -4.24. The standard InChI is InChI=1S/C36H40F3N3O3/c1-4-6-20-42-31(24-41(19-11-12-26(3)43-5-2)23-27-17-18-32-33(21-27)45-25-44-32)34(40-35(42)28-13-8-7-9-14-28)29-15-10-16-30(22-29)36(37,38)39/h7-10,12-18,21-22H,4-6,11,19-20,23-25H2,1-3H3/b26-12+. The summed E-state index contributed by atoms with van der Waals surface area (Å²) in [6, 6.07) is 21.3. The average molecular weight is 620 g/mol. The molecule has 1 aliphatic heterocycles. The summed E-state index contributed by atoms with van der Waals surface area (Å²) < 4.78 is 60.5. The summed E-state index contributed by atoms with van der Waals surface area (Å²) in [5.41, 5.74) is 3.17. The van der Waals surface area contributed by atoms with Crippen LogP contribution < -0.4 is 9.47 Å². The highest BCUT2D eigenvalue weighted by molar-refractivity contribution is 5.69. The molecule has 0 aliphatic carbocycles. The number of nitrogens with zero attached hydrogens (tertiary/aromatic N) is 3. The van der Waals surface area contributed by atoms with Gasteiger partial charge in [0, 0.05) is 37.3 Å². The molecule has 6 nitrogen and oxygen atoms in total. The Labute approximate surface area is 263 Å². The summed E-state index contributed by atoms with van der Waals surface area (Å²) >= 11 is 0. The van der Waals surface area contributed by atoms with Crippen molar-refractivity contribution in [3.05, 3.63) is 101 Å². The quantitative estimate of drug-likeness (QED) is 0.132. The minimum atomic E-state index is -4.46. The van der Waals surface area contributed by atoms with Crippen molar-refractivity contribution in [1.82, 2.24) is 14.5 Å². The van der Waals surface area contributed by atoms with Crippen LogP contribution >= 0.6 is 0 Å². The van der Waals surface area contributed by atoms with Crippen molar-refractivity contribution < 1.29 is 27.4 Å². The molecule has 0 saturated heterocycles. The number of rotatable bonds is 14. The van der Waals surface area contributed by atoms with E-state index in [1.807, 2.05) is 62.4 Å². The highest BCUT2D eigenvalue weighted by Crippen LogP contribution is 2.36. The molecular weight excluding hydrogens is 579 g/mol. The molecule has 4 aromatic rings. The Bertz CT molecular complexity index is 1600. The lowest BCUT2D eigenvalue weighted by Gasteiger charge is -2.24. The Kier molecular flexibility index (Phi) is 10.5. The molecule has 0 amide bonds. The first-order valence-corrected chi connectivity index (χ1v) is 15.5. The third-order valence-electron chi connectivity index (χ3n) is 7.77. The van der Waals surface area contributed by atoms with Gasteiger partial charge in [-0.25, -0.2) is 4.98 Å². The van der Waals surface area contributed by atoms with E-state index < -0.39 is 11.7 Å². The number of unbranched alkanes of at least 4 members (excludes halogenated alkanes) is 1. The lowest BCUT2D eigenvalue weighted by atomic mass is 10.1. The van der Waals surface area contributed by atoms with Gasteiger partial charge in [-0.2, -0.15) is 13.2 Å². The second-order valence-corrected chi connectivity index (χ2v) is 11.1. The molecule has 0 atom stereocenters. The first kappa shape index (κ1) is 32.2. The van der Waals surface area contributed by atoms with Gasteiger partial charge in [0.1, 0.15) is 5.82 Å². The number of benzene rings is 3. The fourth-order valence-electron chi connectivity index (χ4n) is 5.55. The average Bonchev–Trinajstić information content (AvgIpc) is 3.64. The van der Waals surface area contributed by atoms with Gasteiger partial charge in [-0.05, 0) is 62.6 Å². The van der Waals surface area contributed by atoms with Crippen molar-refractivity contribution in [2.75, 3.05) is 19.9 Å². The molecule has 0 unspecified atom stereocenters. The molecule has 0 radical (unpaired) electrons. The van der Waals surface area contributed by atoms with Crippen LogP contribution in [0.5, 0.6) is 11.5 Å². The maximum atomic E-state index is 13.8. The minimum absolute atomic E-state index is 0.198. The van der Waals surface area contributed by atoms with Gasteiger partial charge < -0.3 is 18.8 Å². The van der Waals surface area contributed by atoms with Crippen LogP contribution in [0.15, 0.2) is 84.6 Å². The number of fused-ring (bicyclic) bond motifs is 1. The summed E-state index contributed by atoms with van der Waals surface area (Å²) in [5.74, 6) is 3.05. The van der Waals surface area contributed by atoms with Gasteiger partial charge in [0.2, 0.25) is 6.79 Å². The molecule has 1 aliphatic rings. The number of allylic oxidation sites excluding steroid dienone is 1. The number of ether oxygens (including phenoxy) is 3. The molecule has 0 bridgehead atoms. The Morgan fingerprint density at radius 1 is 0.956 bits per heavy atom. The second kappa shape index (κ2) is 14.7. The van der Waals surface area contributed by atoms with Crippen molar-refractivity contribution >= 4 is 0 Å². The Balaban J connectivity index is 1.59. The molecule has 5 rings (SSSR count). The number of aromatic nitrogens is 2. The van der Waals surface area contributed by atoms with Crippen LogP contribution in [0, 0.1) is 0 Å². The smallest absolute Gasteiger partial charge is 0.416 e. The van der Waals surface area contributed by atoms with E-state index in [9.17, 15) is 13.2 Å². The van der Waals surface area contributed by atoms with Gasteiger partial charge in [-0.3, -0.25) is 4.90 Å². The number of alkyl halides is 3. The first-order chi connectivity index (χ1) is 21.8. The van der Waals surface area contributed by atoms with E-state index in [-0.39, 0.29) is 6.79 Å². The maximum absolute atomic E-state index is 13.8. The molecule has 2 heterocycles. The van der Waals surface area contributed by atoms with Gasteiger partial charge in [0.25, 0.3) is 0 Å². The highest BCUT2D eigenvalue weighted by Gasteiger charge is 2.31.